The van der Waals surface area contributed by atoms with Crippen LogP contribution in [0.15, 0.2) is 18.2 Å². The van der Waals surface area contributed by atoms with E-state index in [2.05, 4.69) is 20.1 Å². The first-order valence-electron chi connectivity index (χ1n) is 16.5. The number of fused-ring (bicyclic) bond motifs is 9. The lowest BCUT2D eigenvalue weighted by Gasteiger charge is -2.35. The van der Waals surface area contributed by atoms with E-state index >= 15 is 4.39 Å². The molecule has 0 aliphatic carbocycles. The number of rotatable bonds is 3. The first-order valence-corrected chi connectivity index (χ1v) is 16.9. The van der Waals surface area contributed by atoms with Crippen LogP contribution in [0.2, 0.25) is 5.02 Å². The van der Waals surface area contributed by atoms with Gasteiger partial charge in [0, 0.05) is 50.0 Å². The van der Waals surface area contributed by atoms with Crippen LogP contribution < -0.4 is 20.7 Å². The van der Waals surface area contributed by atoms with Crippen LogP contribution in [0.5, 0.6) is 6.01 Å². The predicted molar refractivity (Wildman–Crippen MR) is 173 cm³/mol. The molecule has 3 unspecified atom stereocenters. The highest BCUT2D eigenvalue weighted by Crippen LogP contribution is 2.42. The van der Waals surface area contributed by atoms with Crippen molar-refractivity contribution < 1.29 is 22.7 Å². The SMILES string of the molecule is Nc1cc2c(c(Cl)c1F)CCCCC(=O)NCCC1CCCN(C1)c1nc(OCC34CCCN3CC(F)C4)nc3c(F)c-2ccc13. The summed E-state index contributed by atoms with van der Waals surface area (Å²) in [4.78, 5) is 26.3. The van der Waals surface area contributed by atoms with Gasteiger partial charge in [0.15, 0.2) is 11.6 Å². The molecule has 0 saturated carbocycles. The number of aromatic nitrogens is 2. The van der Waals surface area contributed by atoms with E-state index in [1.54, 1.807) is 12.1 Å². The minimum atomic E-state index is -0.906. The van der Waals surface area contributed by atoms with Crippen LogP contribution in [0.3, 0.4) is 0 Å². The average molecular weight is 657 g/mol. The molecule has 6 heterocycles. The lowest BCUT2D eigenvalue weighted by molar-refractivity contribution is -0.121. The highest BCUT2D eigenvalue weighted by atomic mass is 35.5. The number of nitrogens with one attached hydrogen (secondary N) is 1. The second-order valence-corrected chi connectivity index (χ2v) is 13.8. The summed E-state index contributed by atoms with van der Waals surface area (Å²) in [6.07, 6.45) is 5.86. The number of benzene rings is 2. The van der Waals surface area contributed by atoms with Gasteiger partial charge in [-0.3, -0.25) is 9.69 Å². The maximum Gasteiger partial charge on any atom is 0.319 e. The summed E-state index contributed by atoms with van der Waals surface area (Å²) >= 11 is 6.49. The molecule has 8 nitrogen and oxygen atoms in total. The van der Waals surface area contributed by atoms with Crippen molar-refractivity contribution in [3.8, 4) is 17.1 Å². The fourth-order valence-corrected chi connectivity index (χ4v) is 8.35. The van der Waals surface area contributed by atoms with Gasteiger partial charge >= 0.3 is 6.01 Å². The maximum atomic E-state index is 16.8. The van der Waals surface area contributed by atoms with Gasteiger partial charge in [-0.25, -0.2) is 13.2 Å². The number of nitrogens with two attached hydrogens (primary N) is 1. The van der Waals surface area contributed by atoms with E-state index in [-0.39, 0.29) is 40.3 Å². The Kier molecular flexibility index (Phi) is 8.65. The minimum Gasteiger partial charge on any atom is -0.461 e. The van der Waals surface area contributed by atoms with Crippen molar-refractivity contribution in [1.82, 2.24) is 20.2 Å². The van der Waals surface area contributed by atoms with Crippen molar-refractivity contribution in [3.05, 3.63) is 40.4 Å². The number of ether oxygens (including phenoxy) is 1. The molecule has 46 heavy (non-hydrogen) atoms. The van der Waals surface area contributed by atoms with Gasteiger partial charge in [-0.15, -0.1) is 0 Å². The summed E-state index contributed by atoms with van der Waals surface area (Å²) in [7, 11) is 0. The molecule has 1 amide bonds. The Morgan fingerprint density at radius 1 is 1.04 bits per heavy atom. The van der Waals surface area contributed by atoms with Gasteiger partial charge in [-0.05, 0) is 87.1 Å². The van der Waals surface area contributed by atoms with Crippen LogP contribution in [0.25, 0.3) is 22.0 Å². The number of anilines is 2. The van der Waals surface area contributed by atoms with Crippen LogP contribution in [-0.2, 0) is 11.2 Å². The molecule has 2 aromatic carbocycles. The molecule has 8 rings (SSSR count). The molecule has 3 N–H and O–H groups in total. The zero-order chi connectivity index (χ0) is 32.0. The molecule has 3 atom stereocenters. The van der Waals surface area contributed by atoms with Gasteiger partial charge in [-0.2, -0.15) is 9.97 Å². The maximum absolute atomic E-state index is 16.8. The second-order valence-electron chi connectivity index (χ2n) is 13.4. The fraction of sp³-hybridized carbons (Fsp3) is 0.559. The molecule has 3 fully saturated rings. The number of carbonyl (C=O) groups is 1. The number of carbonyl (C=O) groups excluding carboxylic acids is 1. The molecule has 1 aromatic heterocycles. The number of hydrogen-bond acceptors (Lipinski definition) is 7. The largest absolute Gasteiger partial charge is 0.461 e. The Bertz CT molecular complexity index is 1660. The molecule has 12 heteroatoms. The third-order valence-corrected chi connectivity index (χ3v) is 10.8. The molecule has 5 aliphatic rings. The van der Waals surface area contributed by atoms with Crippen molar-refractivity contribution in [2.45, 2.75) is 75.9 Å². The Hall–Kier alpha value is -3.31. The normalized spacial score (nSPS) is 25.7. The molecule has 0 radical (unpaired) electrons. The fourth-order valence-electron chi connectivity index (χ4n) is 8.04. The van der Waals surface area contributed by atoms with Crippen molar-refractivity contribution >= 4 is 39.9 Å². The van der Waals surface area contributed by atoms with E-state index in [0.29, 0.717) is 80.0 Å². The van der Waals surface area contributed by atoms with Gasteiger partial charge in [0.1, 0.15) is 24.1 Å². The monoisotopic (exact) mass is 656 g/mol. The smallest absolute Gasteiger partial charge is 0.319 e. The van der Waals surface area contributed by atoms with Crippen LogP contribution in [0.1, 0.15) is 63.4 Å². The summed E-state index contributed by atoms with van der Waals surface area (Å²) < 4.78 is 52.5. The van der Waals surface area contributed by atoms with Crippen LogP contribution in [0.4, 0.5) is 24.7 Å². The second kappa shape index (κ2) is 12.7. The van der Waals surface area contributed by atoms with Gasteiger partial charge in [0.2, 0.25) is 5.91 Å². The molecule has 246 valence electrons. The van der Waals surface area contributed by atoms with E-state index in [0.717, 1.165) is 45.2 Å². The lowest BCUT2D eigenvalue weighted by Crippen LogP contribution is -2.43. The molecule has 6 bridgehead atoms. The lowest BCUT2D eigenvalue weighted by atomic mass is 9.92. The van der Waals surface area contributed by atoms with Crippen molar-refractivity contribution in [2.24, 2.45) is 5.92 Å². The molecule has 3 aromatic rings. The number of nitrogen functional groups attached to an aromatic ring is 1. The average Bonchev–Trinajstić information content (AvgIpc) is 3.57. The van der Waals surface area contributed by atoms with Crippen molar-refractivity contribution in [3.63, 3.8) is 0 Å². The zero-order valence-corrected chi connectivity index (χ0v) is 26.7. The highest BCUT2D eigenvalue weighted by Gasteiger charge is 2.49. The zero-order valence-electron chi connectivity index (χ0n) is 25.9. The van der Waals surface area contributed by atoms with Crippen molar-refractivity contribution in [2.75, 3.05) is 50.0 Å². The van der Waals surface area contributed by atoms with Crippen LogP contribution >= 0.6 is 11.6 Å². The summed E-state index contributed by atoms with van der Waals surface area (Å²) in [5.41, 5.74) is 6.50. The molecular weight excluding hydrogens is 617 g/mol. The number of amides is 1. The number of nitrogens with zero attached hydrogens (tertiary/aromatic N) is 4. The third-order valence-electron chi connectivity index (χ3n) is 10.4. The number of hydrogen-bond donors (Lipinski definition) is 2. The van der Waals surface area contributed by atoms with Gasteiger partial charge in [-0.1, -0.05) is 17.7 Å². The first-order chi connectivity index (χ1) is 22.2. The number of halogens is 4. The minimum absolute atomic E-state index is 0.0228. The van der Waals surface area contributed by atoms with Crippen LogP contribution in [-0.4, -0.2) is 71.8 Å². The Balaban J connectivity index is 1.34. The van der Waals surface area contributed by atoms with Gasteiger partial charge in [0.25, 0.3) is 0 Å². The van der Waals surface area contributed by atoms with Gasteiger partial charge in [0.05, 0.1) is 16.2 Å². The summed E-state index contributed by atoms with van der Waals surface area (Å²) in [5.74, 6) is -0.472. The summed E-state index contributed by atoms with van der Waals surface area (Å²) in [6, 6.07) is 4.93. The Morgan fingerprint density at radius 3 is 2.76 bits per heavy atom. The van der Waals surface area contributed by atoms with E-state index in [1.807, 2.05) is 0 Å². The highest BCUT2D eigenvalue weighted by molar-refractivity contribution is 6.32. The molecule has 5 aliphatic heterocycles. The number of piperidine rings is 1. The van der Waals surface area contributed by atoms with E-state index in [9.17, 15) is 13.6 Å². The Morgan fingerprint density at radius 2 is 1.89 bits per heavy atom. The van der Waals surface area contributed by atoms with Gasteiger partial charge < -0.3 is 20.7 Å². The molecule has 0 spiro atoms. The number of alkyl halides is 1. The summed E-state index contributed by atoms with van der Waals surface area (Å²) in [5, 5.41) is 3.44. The van der Waals surface area contributed by atoms with E-state index in [1.165, 1.54) is 6.07 Å². The van der Waals surface area contributed by atoms with E-state index < -0.39 is 23.3 Å². The van der Waals surface area contributed by atoms with E-state index in [4.69, 9.17) is 27.1 Å². The quantitative estimate of drug-likeness (QED) is 0.324. The first kappa shape index (κ1) is 31.3. The standard InChI is InChI=1S/C34H40ClF3N6O2/c35-28-22-6-1-2-7-27(45)40-12-10-20-5-3-13-43(17-20)32-24-9-8-23(25(22)15-26(39)30(28)38)29(37)31(24)41-33(42-32)46-19-34-11-4-14-44(34)18-21(36)16-34/h8-9,15,20-21H,1-7,10-14,16-19,39H2,(H,40,45). The summed E-state index contributed by atoms with van der Waals surface area (Å²) in [6.45, 7) is 3.44. The topological polar surface area (TPSA) is 96.6 Å². The predicted octanol–water partition coefficient (Wildman–Crippen LogP) is 6.21. The Labute approximate surface area is 271 Å². The third kappa shape index (κ3) is 5.85. The van der Waals surface area contributed by atoms with Crippen LogP contribution in [0, 0.1) is 17.6 Å². The molecule has 3 saturated heterocycles. The van der Waals surface area contributed by atoms with Crippen molar-refractivity contribution in [1.29, 1.82) is 0 Å². The molecular formula is C34H40ClF3N6O2.